The van der Waals surface area contributed by atoms with Crippen molar-refractivity contribution in [3.8, 4) is 6.07 Å². The van der Waals surface area contributed by atoms with Gasteiger partial charge in [-0.25, -0.2) is 5.01 Å². The minimum atomic E-state index is -0.615. The van der Waals surface area contributed by atoms with Gasteiger partial charge in [0.1, 0.15) is 5.82 Å². The van der Waals surface area contributed by atoms with Crippen molar-refractivity contribution in [1.82, 2.24) is 10.0 Å². The number of benzene rings is 1. The Morgan fingerprint density at radius 1 is 1.30 bits per heavy atom. The number of Topliss-reactive ketones (excluding diaryl/α,β-unsaturated/α-hetero) is 1. The number of hydrogen-bond acceptors (Lipinski definition) is 5. The fourth-order valence-electron chi connectivity index (χ4n) is 4.00. The van der Waals surface area contributed by atoms with Crippen LogP contribution in [0.3, 0.4) is 0 Å². The zero-order valence-electron chi connectivity index (χ0n) is 15.8. The van der Waals surface area contributed by atoms with Crippen LogP contribution in [0, 0.1) is 16.7 Å². The first-order valence-corrected chi connectivity index (χ1v) is 9.42. The van der Waals surface area contributed by atoms with Crippen molar-refractivity contribution in [3.63, 3.8) is 0 Å². The molecule has 142 valence electrons. The number of nitriles is 1. The molecule has 0 fully saturated rings. The van der Waals surface area contributed by atoms with Crippen molar-refractivity contribution in [2.45, 2.75) is 32.6 Å². The zero-order chi connectivity index (χ0) is 20.1. The van der Waals surface area contributed by atoms with Crippen LogP contribution in [-0.4, -0.2) is 29.9 Å². The summed E-state index contributed by atoms with van der Waals surface area (Å²) in [4.78, 5) is 13.2. The summed E-state index contributed by atoms with van der Waals surface area (Å²) < 4.78 is 0. The number of halogens is 2. The molecule has 5 nitrogen and oxygen atoms in total. The van der Waals surface area contributed by atoms with E-state index in [0.29, 0.717) is 45.4 Å². The van der Waals surface area contributed by atoms with Gasteiger partial charge in [0.15, 0.2) is 5.78 Å². The van der Waals surface area contributed by atoms with E-state index in [1.165, 1.54) is 0 Å². The summed E-state index contributed by atoms with van der Waals surface area (Å²) in [6.07, 6.45) is 1.07. The highest BCUT2D eigenvalue weighted by Gasteiger charge is 2.45. The Kier molecular flexibility index (Phi) is 5.02. The normalized spacial score (nSPS) is 22.2. The van der Waals surface area contributed by atoms with E-state index in [4.69, 9.17) is 28.9 Å². The predicted octanol–water partition coefficient (Wildman–Crippen LogP) is 4.21. The lowest BCUT2D eigenvalue weighted by Gasteiger charge is -2.45. The quantitative estimate of drug-likeness (QED) is 0.798. The first-order chi connectivity index (χ1) is 12.6. The lowest BCUT2D eigenvalue weighted by atomic mass is 9.69. The summed E-state index contributed by atoms with van der Waals surface area (Å²) in [7, 11) is 3.68. The van der Waals surface area contributed by atoms with Crippen molar-refractivity contribution >= 4 is 29.0 Å². The highest BCUT2D eigenvalue weighted by Crippen LogP contribution is 2.50. The predicted molar refractivity (Wildman–Crippen MR) is 107 cm³/mol. The Labute approximate surface area is 169 Å². The molecule has 0 bridgehead atoms. The number of nitrogens with zero attached hydrogens (tertiary/aromatic N) is 3. The van der Waals surface area contributed by atoms with E-state index < -0.39 is 5.92 Å². The third kappa shape index (κ3) is 3.23. The summed E-state index contributed by atoms with van der Waals surface area (Å²) in [6, 6.07) is 7.46. The number of hydrazine groups is 1. The van der Waals surface area contributed by atoms with Crippen LogP contribution >= 0.6 is 23.2 Å². The van der Waals surface area contributed by atoms with Gasteiger partial charge in [0.2, 0.25) is 0 Å². The third-order valence-electron chi connectivity index (χ3n) is 5.05. The molecule has 0 unspecified atom stereocenters. The molecule has 7 heteroatoms. The molecule has 0 amide bonds. The Morgan fingerprint density at radius 3 is 2.56 bits per heavy atom. The number of carbonyl (C=O) groups is 1. The number of ketones is 1. The fraction of sp³-hybridized carbons (Fsp3) is 0.400. The van der Waals surface area contributed by atoms with Crippen molar-refractivity contribution in [3.05, 3.63) is 56.5 Å². The minimum Gasteiger partial charge on any atom is -0.383 e. The summed E-state index contributed by atoms with van der Waals surface area (Å²) in [6.45, 7) is 4.12. The molecule has 2 aliphatic rings. The molecule has 0 aromatic heterocycles. The molecule has 1 heterocycles. The van der Waals surface area contributed by atoms with Crippen LogP contribution in [0.25, 0.3) is 0 Å². The number of rotatable bonds is 2. The van der Waals surface area contributed by atoms with Crippen LogP contribution in [0.1, 0.15) is 38.2 Å². The molecule has 1 aromatic carbocycles. The van der Waals surface area contributed by atoms with E-state index in [-0.39, 0.29) is 11.2 Å². The Balaban J connectivity index is 2.34. The average Bonchev–Trinajstić information content (AvgIpc) is 2.55. The number of hydrogen-bond donors (Lipinski definition) is 1. The van der Waals surface area contributed by atoms with Gasteiger partial charge < -0.3 is 5.73 Å². The lowest BCUT2D eigenvalue weighted by molar-refractivity contribution is -0.119. The largest absolute Gasteiger partial charge is 0.383 e. The van der Waals surface area contributed by atoms with Crippen molar-refractivity contribution in [2.24, 2.45) is 11.1 Å². The van der Waals surface area contributed by atoms with Crippen LogP contribution < -0.4 is 5.73 Å². The highest BCUT2D eigenvalue weighted by molar-refractivity contribution is 6.42. The molecule has 1 aromatic rings. The topological polar surface area (TPSA) is 73.4 Å². The van der Waals surface area contributed by atoms with E-state index >= 15 is 0 Å². The van der Waals surface area contributed by atoms with Crippen molar-refractivity contribution in [1.29, 1.82) is 5.26 Å². The Morgan fingerprint density at radius 2 is 1.96 bits per heavy atom. The van der Waals surface area contributed by atoms with E-state index in [0.717, 1.165) is 5.70 Å². The molecule has 1 aliphatic heterocycles. The van der Waals surface area contributed by atoms with E-state index in [2.05, 4.69) is 19.9 Å². The van der Waals surface area contributed by atoms with Gasteiger partial charge >= 0.3 is 0 Å². The summed E-state index contributed by atoms with van der Waals surface area (Å²) in [5, 5.41) is 14.2. The van der Waals surface area contributed by atoms with Gasteiger partial charge in [-0.05, 0) is 23.5 Å². The molecular formula is C20H22Cl2N4O. The zero-order valence-corrected chi connectivity index (χ0v) is 17.3. The molecule has 1 atom stereocenters. The minimum absolute atomic E-state index is 0.00870. The molecule has 0 saturated heterocycles. The second-order valence-corrected chi connectivity index (χ2v) is 8.73. The van der Waals surface area contributed by atoms with Gasteiger partial charge in [0.25, 0.3) is 0 Å². The molecule has 3 rings (SSSR count). The Bertz CT molecular complexity index is 924. The average molecular weight is 405 g/mol. The summed E-state index contributed by atoms with van der Waals surface area (Å²) in [5.41, 5.74) is 8.55. The third-order valence-corrected chi connectivity index (χ3v) is 5.88. The monoisotopic (exact) mass is 404 g/mol. The second-order valence-electron chi connectivity index (χ2n) is 7.95. The van der Waals surface area contributed by atoms with E-state index in [1.54, 1.807) is 28.2 Å². The highest BCUT2D eigenvalue weighted by atomic mass is 35.5. The number of carbonyl (C=O) groups excluding carboxylic acids is 1. The van der Waals surface area contributed by atoms with Gasteiger partial charge in [0.05, 0.1) is 27.6 Å². The van der Waals surface area contributed by atoms with Crippen LogP contribution in [-0.2, 0) is 4.79 Å². The first kappa shape index (κ1) is 19.8. The van der Waals surface area contributed by atoms with Crippen molar-refractivity contribution in [2.75, 3.05) is 14.1 Å². The van der Waals surface area contributed by atoms with Gasteiger partial charge in [-0.1, -0.05) is 49.2 Å². The van der Waals surface area contributed by atoms with Gasteiger partial charge in [0, 0.05) is 31.8 Å². The number of nitrogens with two attached hydrogens (primary N) is 1. The molecule has 2 N–H and O–H groups in total. The molecule has 1 aliphatic carbocycles. The standard InChI is InChI=1S/C20H22Cl2N4O/c1-20(2)8-14-17(15(27)9-20)16(11-6-5-7-13(21)18(11)22)12(10-23)19(24)26(14)25(3)4/h5-7,16H,8-9,24H2,1-4H3/t16-/m0/s1. The smallest absolute Gasteiger partial charge is 0.162 e. The van der Waals surface area contributed by atoms with Crippen molar-refractivity contribution < 1.29 is 4.79 Å². The lowest BCUT2D eigenvalue weighted by Crippen LogP contribution is -2.47. The van der Waals surface area contributed by atoms with Crippen LogP contribution in [0.15, 0.2) is 40.9 Å². The number of allylic oxidation sites excluding steroid dienone is 3. The van der Waals surface area contributed by atoms with E-state index in [1.807, 2.05) is 14.1 Å². The Hall–Kier alpha value is -2.00. The second kappa shape index (κ2) is 6.87. The van der Waals surface area contributed by atoms with Gasteiger partial charge in [-0.15, -0.1) is 0 Å². The summed E-state index contributed by atoms with van der Waals surface area (Å²) in [5.74, 6) is -0.293. The molecule has 27 heavy (non-hydrogen) atoms. The first-order valence-electron chi connectivity index (χ1n) is 8.66. The van der Waals surface area contributed by atoms with Gasteiger partial charge in [-0.3, -0.25) is 9.80 Å². The van der Waals surface area contributed by atoms with Crippen LogP contribution in [0.4, 0.5) is 0 Å². The maximum Gasteiger partial charge on any atom is 0.162 e. The molecular weight excluding hydrogens is 383 g/mol. The van der Waals surface area contributed by atoms with Crippen LogP contribution in [0.5, 0.6) is 0 Å². The van der Waals surface area contributed by atoms with Crippen LogP contribution in [0.2, 0.25) is 10.0 Å². The fourth-order valence-corrected chi connectivity index (χ4v) is 4.42. The molecule has 0 spiro atoms. The maximum absolute atomic E-state index is 13.2. The molecule has 0 saturated carbocycles. The van der Waals surface area contributed by atoms with E-state index in [9.17, 15) is 10.1 Å². The molecule has 0 radical (unpaired) electrons. The maximum atomic E-state index is 13.2. The SMILES string of the molecule is CN(C)N1C(N)=C(C#N)[C@H](c2cccc(Cl)c2Cl)C2=C1CC(C)(C)CC2=O. The van der Waals surface area contributed by atoms with Gasteiger partial charge in [-0.2, -0.15) is 5.26 Å². The summed E-state index contributed by atoms with van der Waals surface area (Å²) >= 11 is 12.7.